The molecule has 7 heteroatoms. The number of nitrogens with two attached hydrogens (primary N) is 1. The van der Waals surface area contributed by atoms with Crippen molar-refractivity contribution in [1.29, 1.82) is 0 Å². The third-order valence-corrected chi connectivity index (χ3v) is 3.55. The summed E-state index contributed by atoms with van der Waals surface area (Å²) in [5, 5.41) is 5.18. The molecule has 0 spiro atoms. The van der Waals surface area contributed by atoms with E-state index in [9.17, 15) is 13.2 Å². The van der Waals surface area contributed by atoms with Crippen molar-refractivity contribution < 1.29 is 17.9 Å². The van der Waals surface area contributed by atoms with E-state index in [-0.39, 0.29) is 15.5 Å². The Kier molecular flexibility index (Phi) is 4.29. The van der Waals surface area contributed by atoms with Crippen molar-refractivity contribution in [3.05, 3.63) is 28.3 Å². The molecular weight excluding hydrogens is 290 g/mol. The standard InChI is InChI=1S/C12H16ClNO4S/c1-7-9(11(15)18-12(2,3)4)5-8(6-10(7)13)19(14,16)17/h5-6H,1-4H3,(H2,14,16,17). The van der Waals surface area contributed by atoms with E-state index in [2.05, 4.69) is 0 Å². The van der Waals surface area contributed by atoms with Crippen LogP contribution < -0.4 is 5.14 Å². The van der Waals surface area contributed by atoms with E-state index in [0.717, 1.165) is 0 Å². The Morgan fingerprint density at radius 3 is 2.26 bits per heavy atom. The van der Waals surface area contributed by atoms with Gasteiger partial charge in [-0.15, -0.1) is 0 Å². The Balaban J connectivity index is 3.36. The second-order valence-corrected chi connectivity index (χ2v) is 7.09. The highest BCUT2D eigenvalue weighted by Crippen LogP contribution is 2.25. The van der Waals surface area contributed by atoms with Gasteiger partial charge in [-0.3, -0.25) is 0 Å². The molecule has 0 saturated heterocycles. The van der Waals surface area contributed by atoms with Gasteiger partial charge in [0, 0.05) is 5.02 Å². The molecule has 0 bridgehead atoms. The average Bonchev–Trinajstić information content (AvgIpc) is 2.17. The van der Waals surface area contributed by atoms with E-state index >= 15 is 0 Å². The predicted molar refractivity (Wildman–Crippen MR) is 72.7 cm³/mol. The van der Waals surface area contributed by atoms with E-state index in [1.54, 1.807) is 27.7 Å². The predicted octanol–water partition coefficient (Wildman–Crippen LogP) is 2.25. The first kappa shape index (κ1) is 15.9. The fourth-order valence-electron chi connectivity index (χ4n) is 1.36. The summed E-state index contributed by atoms with van der Waals surface area (Å²) in [6.45, 7) is 6.75. The number of primary sulfonamides is 1. The van der Waals surface area contributed by atoms with Crippen molar-refractivity contribution in [3.8, 4) is 0 Å². The summed E-state index contributed by atoms with van der Waals surface area (Å²) < 4.78 is 27.8. The molecule has 0 radical (unpaired) electrons. The number of hydrogen-bond donors (Lipinski definition) is 1. The van der Waals surface area contributed by atoms with Gasteiger partial charge in [0.25, 0.3) is 0 Å². The first-order chi connectivity index (χ1) is 8.42. The van der Waals surface area contributed by atoms with E-state index in [1.165, 1.54) is 12.1 Å². The summed E-state index contributed by atoms with van der Waals surface area (Å²) in [6.07, 6.45) is 0. The molecule has 106 valence electrons. The second kappa shape index (κ2) is 5.11. The Bertz CT molecular complexity index is 617. The number of hydrogen-bond acceptors (Lipinski definition) is 4. The third-order valence-electron chi connectivity index (χ3n) is 2.27. The van der Waals surface area contributed by atoms with Crippen molar-refractivity contribution in [2.75, 3.05) is 0 Å². The zero-order chi connectivity index (χ0) is 15.0. The van der Waals surface area contributed by atoms with Crippen LogP contribution in [0.4, 0.5) is 0 Å². The lowest BCUT2D eigenvalue weighted by Gasteiger charge is -2.20. The lowest BCUT2D eigenvalue weighted by molar-refractivity contribution is 0.00685. The molecule has 0 saturated carbocycles. The molecule has 0 unspecified atom stereocenters. The Hall–Kier alpha value is -1.11. The van der Waals surface area contributed by atoms with Crippen molar-refractivity contribution in [1.82, 2.24) is 0 Å². The van der Waals surface area contributed by atoms with Gasteiger partial charge >= 0.3 is 5.97 Å². The number of ether oxygens (including phenoxy) is 1. The average molecular weight is 306 g/mol. The number of sulfonamides is 1. The number of rotatable bonds is 2. The van der Waals surface area contributed by atoms with E-state index in [4.69, 9.17) is 21.5 Å². The maximum absolute atomic E-state index is 12.0. The van der Waals surface area contributed by atoms with Crippen LogP contribution in [-0.4, -0.2) is 20.0 Å². The Morgan fingerprint density at radius 2 is 1.84 bits per heavy atom. The fourth-order valence-corrected chi connectivity index (χ4v) is 2.21. The molecule has 0 heterocycles. The van der Waals surface area contributed by atoms with Gasteiger partial charge in [-0.05, 0) is 45.4 Å². The van der Waals surface area contributed by atoms with Crippen LogP contribution in [0.15, 0.2) is 17.0 Å². The summed E-state index contributed by atoms with van der Waals surface area (Å²) in [4.78, 5) is 11.8. The number of esters is 1. The van der Waals surface area contributed by atoms with Gasteiger partial charge in [0.15, 0.2) is 0 Å². The molecule has 0 fully saturated rings. The summed E-state index contributed by atoms with van der Waals surface area (Å²) in [5.41, 5.74) is -0.150. The smallest absolute Gasteiger partial charge is 0.339 e. The van der Waals surface area contributed by atoms with E-state index in [1.807, 2.05) is 0 Å². The third kappa shape index (κ3) is 4.19. The summed E-state index contributed by atoms with van der Waals surface area (Å²) >= 11 is 5.91. The van der Waals surface area contributed by atoms with Crippen LogP contribution >= 0.6 is 11.6 Å². The highest BCUT2D eigenvalue weighted by molar-refractivity contribution is 7.89. The van der Waals surface area contributed by atoms with Gasteiger partial charge in [-0.2, -0.15) is 0 Å². The first-order valence-electron chi connectivity index (χ1n) is 5.48. The molecule has 2 N–H and O–H groups in total. The number of carbonyl (C=O) groups excluding carboxylic acids is 1. The number of halogens is 1. The lowest BCUT2D eigenvalue weighted by atomic mass is 10.1. The van der Waals surface area contributed by atoms with Gasteiger partial charge in [0.05, 0.1) is 10.5 Å². The van der Waals surface area contributed by atoms with Gasteiger partial charge in [-0.25, -0.2) is 18.4 Å². The molecule has 0 aromatic heterocycles. The van der Waals surface area contributed by atoms with Crippen molar-refractivity contribution in [2.24, 2.45) is 5.14 Å². The van der Waals surface area contributed by atoms with Crippen molar-refractivity contribution in [2.45, 2.75) is 38.2 Å². The van der Waals surface area contributed by atoms with Crippen LogP contribution in [-0.2, 0) is 14.8 Å². The maximum Gasteiger partial charge on any atom is 0.339 e. The molecule has 1 rings (SSSR count). The summed E-state index contributed by atoms with van der Waals surface area (Å²) in [5.74, 6) is -0.641. The second-order valence-electron chi connectivity index (χ2n) is 5.12. The molecular formula is C12H16ClNO4S. The topological polar surface area (TPSA) is 86.5 Å². The molecule has 0 aliphatic rings. The van der Waals surface area contributed by atoms with Crippen LogP contribution in [0.25, 0.3) is 0 Å². The largest absolute Gasteiger partial charge is 0.456 e. The van der Waals surface area contributed by atoms with Crippen molar-refractivity contribution in [3.63, 3.8) is 0 Å². The van der Waals surface area contributed by atoms with Crippen LogP contribution in [0.1, 0.15) is 36.7 Å². The molecule has 5 nitrogen and oxygen atoms in total. The number of carbonyl (C=O) groups is 1. The van der Waals surface area contributed by atoms with Gasteiger partial charge in [0.1, 0.15) is 5.60 Å². The van der Waals surface area contributed by atoms with E-state index < -0.39 is 21.6 Å². The minimum absolute atomic E-state index is 0.0893. The first-order valence-corrected chi connectivity index (χ1v) is 7.40. The normalized spacial score (nSPS) is 12.3. The monoisotopic (exact) mass is 305 g/mol. The molecule has 0 atom stereocenters. The zero-order valence-corrected chi connectivity index (χ0v) is 12.7. The van der Waals surface area contributed by atoms with Crippen molar-refractivity contribution >= 4 is 27.6 Å². The van der Waals surface area contributed by atoms with Gasteiger partial charge in [0.2, 0.25) is 10.0 Å². The lowest BCUT2D eigenvalue weighted by Crippen LogP contribution is -2.25. The van der Waals surface area contributed by atoms with Gasteiger partial charge in [-0.1, -0.05) is 11.6 Å². The summed E-state index contributed by atoms with van der Waals surface area (Å²) in [7, 11) is -3.93. The Labute approximate surface area is 117 Å². The highest BCUT2D eigenvalue weighted by Gasteiger charge is 2.22. The molecule has 0 aliphatic heterocycles. The van der Waals surface area contributed by atoms with Crippen LogP contribution in [0.5, 0.6) is 0 Å². The minimum atomic E-state index is -3.93. The SMILES string of the molecule is Cc1c(Cl)cc(S(N)(=O)=O)cc1C(=O)OC(C)(C)C. The van der Waals surface area contributed by atoms with Crippen LogP contribution in [0.2, 0.25) is 5.02 Å². The van der Waals surface area contributed by atoms with Crippen LogP contribution in [0.3, 0.4) is 0 Å². The van der Waals surface area contributed by atoms with E-state index in [0.29, 0.717) is 5.56 Å². The quantitative estimate of drug-likeness (QED) is 0.849. The molecule has 0 amide bonds. The minimum Gasteiger partial charge on any atom is -0.456 e. The van der Waals surface area contributed by atoms with Crippen LogP contribution in [0, 0.1) is 6.92 Å². The molecule has 19 heavy (non-hydrogen) atoms. The van der Waals surface area contributed by atoms with Gasteiger partial charge < -0.3 is 4.74 Å². The Morgan fingerprint density at radius 1 is 1.32 bits per heavy atom. The summed E-state index contributed by atoms with van der Waals surface area (Å²) in [6, 6.07) is 2.38. The maximum atomic E-state index is 12.0. The molecule has 1 aromatic carbocycles. The fraction of sp³-hybridized carbons (Fsp3) is 0.417. The molecule has 1 aromatic rings. The zero-order valence-electron chi connectivity index (χ0n) is 11.2. The highest BCUT2D eigenvalue weighted by atomic mass is 35.5. The number of benzene rings is 1. The molecule has 0 aliphatic carbocycles.